The average molecular weight is 235 g/mol. The minimum Gasteiger partial charge on any atom is -0.396 e. The van der Waals surface area contributed by atoms with Crippen molar-refractivity contribution in [3.05, 3.63) is 35.9 Å². The van der Waals surface area contributed by atoms with E-state index in [4.69, 9.17) is 0 Å². The van der Waals surface area contributed by atoms with Crippen molar-refractivity contribution in [2.45, 2.75) is 25.1 Å². The number of fused-ring (bicyclic) bond motifs is 2. The van der Waals surface area contributed by atoms with Crippen LogP contribution < -0.4 is 0 Å². The fraction of sp³-hybridized carbons (Fsp3) is 0.571. The normalized spacial score (nSPS) is 36.6. The quantitative estimate of drug-likeness (QED) is 0.866. The van der Waals surface area contributed by atoms with E-state index in [1.165, 1.54) is 5.56 Å². The molecule has 0 unspecified atom stereocenters. The molecular weight excluding hydrogens is 217 g/mol. The van der Waals surface area contributed by atoms with E-state index in [0.717, 1.165) is 13.1 Å². The Morgan fingerprint density at radius 2 is 1.88 bits per heavy atom. The van der Waals surface area contributed by atoms with Gasteiger partial charge in [-0.1, -0.05) is 30.3 Å². The first kappa shape index (κ1) is 11.2. The van der Waals surface area contributed by atoms with Gasteiger partial charge in [0.05, 0.1) is 6.61 Å². The van der Waals surface area contributed by atoms with E-state index in [-0.39, 0.29) is 12.0 Å². The molecule has 0 radical (unpaired) electrons. The van der Waals surface area contributed by atoms with Crippen LogP contribution in [0.1, 0.15) is 18.4 Å². The molecule has 2 bridgehead atoms. The molecule has 0 amide bonds. The molecule has 3 aliphatic rings. The molecule has 2 heterocycles. The third-order valence-electron chi connectivity index (χ3n) is 4.03. The Morgan fingerprint density at radius 3 is 2.53 bits per heavy atom. The first-order valence-corrected chi connectivity index (χ1v) is 6.19. The molecule has 2 nitrogen and oxygen atoms in total. The van der Waals surface area contributed by atoms with Gasteiger partial charge in [0.25, 0.3) is 0 Å². The summed E-state index contributed by atoms with van der Waals surface area (Å²) in [5.41, 5.74) is 0.00264. The van der Waals surface area contributed by atoms with Gasteiger partial charge < -0.3 is 5.11 Å². The molecule has 2 aliphatic heterocycles. The number of hydrogen-bond donors (Lipinski definition) is 1. The van der Waals surface area contributed by atoms with Crippen LogP contribution in [0.15, 0.2) is 30.3 Å². The Kier molecular flexibility index (Phi) is 2.49. The lowest BCUT2D eigenvalue weighted by Crippen LogP contribution is -2.66. The molecule has 0 spiro atoms. The molecule has 0 atom stereocenters. The van der Waals surface area contributed by atoms with Crippen molar-refractivity contribution in [3.63, 3.8) is 0 Å². The minimum absolute atomic E-state index is 0.115. The summed E-state index contributed by atoms with van der Waals surface area (Å²) in [5.74, 6) is 0. The van der Waals surface area contributed by atoms with Gasteiger partial charge >= 0.3 is 0 Å². The van der Waals surface area contributed by atoms with Crippen molar-refractivity contribution in [2.75, 3.05) is 19.7 Å². The molecule has 0 aromatic heterocycles. The van der Waals surface area contributed by atoms with Crippen molar-refractivity contribution < 1.29 is 9.50 Å². The van der Waals surface area contributed by atoms with Crippen LogP contribution in [-0.2, 0) is 6.54 Å². The summed E-state index contributed by atoms with van der Waals surface area (Å²) in [6.07, 6.45) is 1.09. The number of nitrogens with zero attached hydrogens (tertiary/aromatic N) is 1. The van der Waals surface area contributed by atoms with Gasteiger partial charge in [-0.2, -0.15) is 0 Å². The highest BCUT2D eigenvalue weighted by molar-refractivity contribution is 5.17. The van der Waals surface area contributed by atoms with E-state index < -0.39 is 5.67 Å². The maximum Gasteiger partial charge on any atom is 0.125 e. The summed E-state index contributed by atoms with van der Waals surface area (Å²) in [6.45, 7) is 2.24. The first-order chi connectivity index (χ1) is 8.13. The molecule has 3 heteroatoms. The lowest BCUT2D eigenvalue weighted by Gasteiger charge is -2.59. The Hall–Kier alpha value is -0.930. The summed E-state index contributed by atoms with van der Waals surface area (Å²) in [4.78, 5) is 2.14. The number of aliphatic hydroxyl groups is 1. The summed E-state index contributed by atoms with van der Waals surface area (Å²) >= 11 is 0. The van der Waals surface area contributed by atoms with Crippen LogP contribution in [-0.4, -0.2) is 35.4 Å². The zero-order valence-corrected chi connectivity index (χ0v) is 9.90. The van der Waals surface area contributed by atoms with Crippen LogP contribution in [0, 0.1) is 5.41 Å². The number of benzene rings is 1. The molecule has 1 aromatic carbocycles. The monoisotopic (exact) mass is 235 g/mol. The highest BCUT2D eigenvalue weighted by Gasteiger charge is 2.59. The lowest BCUT2D eigenvalue weighted by atomic mass is 9.57. The number of piperidine rings is 2. The Bertz CT molecular complexity index is 400. The average Bonchev–Trinajstić information content (AvgIpc) is 2.28. The van der Waals surface area contributed by atoms with Crippen LogP contribution in [0.25, 0.3) is 0 Å². The molecule has 4 rings (SSSR count). The van der Waals surface area contributed by atoms with E-state index in [2.05, 4.69) is 17.0 Å². The molecule has 1 saturated carbocycles. The fourth-order valence-electron chi connectivity index (χ4n) is 3.56. The maximum atomic E-state index is 14.2. The number of alkyl halides is 1. The number of halogens is 1. The predicted octanol–water partition coefficient (Wildman–Crippen LogP) is 1.98. The third kappa shape index (κ3) is 1.98. The van der Waals surface area contributed by atoms with E-state index in [1.54, 1.807) is 0 Å². The molecule has 1 N–H and O–H groups in total. The fourth-order valence-corrected chi connectivity index (χ4v) is 3.56. The van der Waals surface area contributed by atoms with Gasteiger partial charge in [0.1, 0.15) is 5.67 Å². The predicted molar refractivity (Wildman–Crippen MR) is 64.3 cm³/mol. The highest BCUT2D eigenvalue weighted by atomic mass is 19.1. The number of hydrogen-bond acceptors (Lipinski definition) is 2. The maximum absolute atomic E-state index is 14.2. The van der Waals surface area contributed by atoms with E-state index in [1.807, 2.05) is 18.2 Å². The molecular formula is C14H18FNO. The summed E-state index contributed by atoms with van der Waals surface area (Å²) in [7, 11) is 0. The first-order valence-electron chi connectivity index (χ1n) is 6.19. The Balaban J connectivity index is 1.70. The highest BCUT2D eigenvalue weighted by Crippen LogP contribution is 2.55. The molecule has 1 aromatic rings. The largest absolute Gasteiger partial charge is 0.396 e. The van der Waals surface area contributed by atoms with Crippen molar-refractivity contribution >= 4 is 0 Å². The van der Waals surface area contributed by atoms with Gasteiger partial charge in [-0.15, -0.1) is 0 Å². The minimum atomic E-state index is -1.05. The van der Waals surface area contributed by atoms with Gasteiger partial charge in [0.2, 0.25) is 0 Å². The standard InChI is InChI=1S/C14H18FNO/c15-14-7-13(8-14,11-17)9-16(10-14)6-12-4-2-1-3-5-12/h1-5,17H,6-11H2. The zero-order chi connectivity index (χ0) is 11.9. The molecule has 1 aliphatic carbocycles. The van der Waals surface area contributed by atoms with Crippen molar-refractivity contribution in [1.82, 2.24) is 4.90 Å². The smallest absolute Gasteiger partial charge is 0.125 e. The van der Waals surface area contributed by atoms with Crippen molar-refractivity contribution in [2.24, 2.45) is 5.41 Å². The third-order valence-corrected chi connectivity index (χ3v) is 4.03. The Morgan fingerprint density at radius 1 is 1.18 bits per heavy atom. The molecule has 17 heavy (non-hydrogen) atoms. The SMILES string of the molecule is OCC12CN(Cc3ccccc3)CC(F)(C1)C2. The van der Waals surface area contributed by atoms with Gasteiger partial charge in [0, 0.05) is 25.0 Å². The lowest BCUT2D eigenvalue weighted by molar-refractivity contribution is -0.168. The van der Waals surface area contributed by atoms with Crippen LogP contribution in [0.3, 0.4) is 0 Å². The van der Waals surface area contributed by atoms with Gasteiger partial charge in [-0.3, -0.25) is 4.90 Å². The molecule has 3 fully saturated rings. The van der Waals surface area contributed by atoms with E-state index >= 15 is 0 Å². The van der Waals surface area contributed by atoms with Crippen LogP contribution in [0.5, 0.6) is 0 Å². The second-order valence-electron chi connectivity index (χ2n) is 5.79. The van der Waals surface area contributed by atoms with Crippen LogP contribution in [0.2, 0.25) is 0 Å². The molecule has 2 saturated heterocycles. The zero-order valence-electron chi connectivity index (χ0n) is 9.90. The van der Waals surface area contributed by atoms with Crippen molar-refractivity contribution in [3.8, 4) is 0 Å². The molecule has 92 valence electrons. The second-order valence-corrected chi connectivity index (χ2v) is 5.79. The topological polar surface area (TPSA) is 23.5 Å². The Labute approximate surface area is 101 Å². The van der Waals surface area contributed by atoms with Crippen LogP contribution >= 0.6 is 0 Å². The van der Waals surface area contributed by atoms with E-state index in [9.17, 15) is 9.50 Å². The van der Waals surface area contributed by atoms with Gasteiger partial charge in [0.15, 0.2) is 0 Å². The summed E-state index contributed by atoms with van der Waals surface area (Å²) in [6, 6.07) is 10.1. The number of rotatable bonds is 3. The second kappa shape index (κ2) is 3.79. The number of aliphatic hydroxyl groups excluding tert-OH is 1. The van der Waals surface area contributed by atoms with Gasteiger partial charge in [-0.25, -0.2) is 4.39 Å². The summed E-state index contributed by atoms with van der Waals surface area (Å²) < 4.78 is 14.2. The van der Waals surface area contributed by atoms with Crippen molar-refractivity contribution in [1.29, 1.82) is 0 Å². The van der Waals surface area contributed by atoms with Gasteiger partial charge in [-0.05, 0) is 18.4 Å². The van der Waals surface area contributed by atoms with E-state index in [0.29, 0.717) is 19.4 Å². The summed E-state index contributed by atoms with van der Waals surface area (Å²) in [5, 5.41) is 9.39. The van der Waals surface area contributed by atoms with Crippen LogP contribution in [0.4, 0.5) is 4.39 Å².